The van der Waals surface area contributed by atoms with Gasteiger partial charge in [-0.1, -0.05) is 0 Å². The maximum absolute atomic E-state index is 12.7. The fourth-order valence-corrected chi connectivity index (χ4v) is 3.12. The largest absolute Gasteiger partial charge is 0.417 e. The molecule has 0 aromatic carbocycles. The van der Waals surface area contributed by atoms with E-state index >= 15 is 0 Å². The average molecular weight is 411 g/mol. The highest BCUT2D eigenvalue weighted by atomic mass is 19.4. The van der Waals surface area contributed by atoms with E-state index in [-0.39, 0.29) is 11.7 Å². The van der Waals surface area contributed by atoms with Crippen LogP contribution in [0.4, 0.5) is 13.2 Å². The predicted molar refractivity (Wildman–Crippen MR) is 99.9 cm³/mol. The molecule has 2 aromatic heterocycles. The Balaban J connectivity index is 1.51. The molecule has 3 rings (SSSR count). The number of rotatable bonds is 7. The Hall–Kier alpha value is -2.46. The molecule has 1 fully saturated rings. The van der Waals surface area contributed by atoms with Gasteiger partial charge in [0.05, 0.1) is 36.2 Å². The van der Waals surface area contributed by atoms with Crippen molar-refractivity contribution in [2.75, 3.05) is 39.4 Å². The number of pyridine rings is 1. The zero-order valence-corrected chi connectivity index (χ0v) is 16.2. The maximum Gasteiger partial charge on any atom is 0.417 e. The third-order valence-electron chi connectivity index (χ3n) is 4.84. The van der Waals surface area contributed by atoms with Crippen molar-refractivity contribution in [3.8, 4) is 5.82 Å². The topological polar surface area (TPSA) is 72.3 Å². The first-order valence-corrected chi connectivity index (χ1v) is 9.53. The van der Waals surface area contributed by atoms with Crippen molar-refractivity contribution < 1.29 is 22.7 Å². The molecule has 1 aliphatic rings. The molecule has 1 amide bonds. The summed E-state index contributed by atoms with van der Waals surface area (Å²) in [5.41, 5.74) is 0.0593. The number of amides is 1. The number of halogens is 3. The highest BCUT2D eigenvalue weighted by molar-refractivity contribution is 5.95. The molecule has 1 aliphatic heterocycles. The Morgan fingerprint density at radius 3 is 2.62 bits per heavy atom. The van der Waals surface area contributed by atoms with E-state index in [4.69, 9.17) is 4.74 Å². The van der Waals surface area contributed by atoms with Gasteiger partial charge < -0.3 is 10.1 Å². The second-order valence-corrected chi connectivity index (χ2v) is 6.88. The summed E-state index contributed by atoms with van der Waals surface area (Å²) < 4.78 is 44.7. The van der Waals surface area contributed by atoms with Gasteiger partial charge in [0.15, 0.2) is 5.82 Å². The number of carbonyl (C=O) groups is 1. The van der Waals surface area contributed by atoms with E-state index < -0.39 is 11.7 Å². The van der Waals surface area contributed by atoms with Gasteiger partial charge >= 0.3 is 6.18 Å². The first kappa shape index (κ1) is 21.3. The zero-order chi connectivity index (χ0) is 20.9. The number of nitrogens with one attached hydrogen (secondary N) is 1. The number of morpholine rings is 1. The quantitative estimate of drug-likeness (QED) is 0.709. The molecule has 1 saturated heterocycles. The van der Waals surface area contributed by atoms with E-state index in [2.05, 4.69) is 20.3 Å². The lowest BCUT2D eigenvalue weighted by Crippen LogP contribution is -2.37. The first-order chi connectivity index (χ1) is 13.9. The van der Waals surface area contributed by atoms with Gasteiger partial charge in [0.25, 0.3) is 5.91 Å². The molecule has 29 heavy (non-hydrogen) atoms. The monoisotopic (exact) mass is 411 g/mol. The molecule has 0 unspecified atom stereocenters. The molecule has 10 heteroatoms. The fourth-order valence-electron chi connectivity index (χ4n) is 3.12. The van der Waals surface area contributed by atoms with Gasteiger partial charge in [0.2, 0.25) is 0 Å². The van der Waals surface area contributed by atoms with Gasteiger partial charge in [-0.15, -0.1) is 0 Å². The van der Waals surface area contributed by atoms with Crippen LogP contribution in [0.15, 0.2) is 24.5 Å². The molecule has 0 saturated carbocycles. The number of nitrogens with zero attached hydrogens (tertiary/aromatic N) is 4. The van der Waals surface area contributed by atoms with E-state index in [9.17, 15) is 18.0 Å². The molecule has 158 valence electrons. The Bertz CT molecular complexity index is 814. The van der Waals surface area contributed by atoms with Crippen LogP contribution in [-0.4, -0.2) is 65.0 Å². The molecule has 3 heterocycles. The van der Waals surface area contributed by atoms with Crippen molar-refractivity contribution in [1.82, 2.24) is 25.0 Å². The molecule has 0 radical (unpaired) electrons. The van der Waals surface area contributed by atoms with E-state index in [0.717, 1.165) is 58.0 Å². The Labute approximate surface area is 166 Å². The van der Waals surface area contributed by atoms with Gasteiger partial charge in [0, 0.05) is 25.8 Å². The third-order valence-corrected chi connectivity index (χ3v) is 4.84. The number of ether oxygens (including phenoxy) is 1. The summed E-state index contributed by atoms with van der Waals surface area (Å²) in [5.74, 6) is -0.0351. The number of unbranched alkanes of at least 4 members (excludes halogenated alkanes) is 1. The standard InChI is InChI=1S/C19H24F3N5O2/c1-14-16(18(28)23-6-2-3-7-26-8-10-29-11-9-26)13-25-27(14)17-5-4-15(12-24-17)19(20,21)22/h4-5,12-13H,2-3,6-11H2,1H3,(H,23,28). The summed E-state index contributed by atoms with van der Waals surface area (Å²) in [6, 6.07) is 2.17. The van der Waals surface area contributed by atoms with Gasteiger partial charge in [-0.25, -0.2) is 9.67 Å². The van der Waals surface area contributed by atoms with Crippen molar-refractivity contribution in [1.29, 1.82) is 0 Å². The highest BCUT2D eigenvalue weighted by Gasteiger charge is 2.30. The molecule has 0 spiro atoms. The van der Waals surface area contributed by atoms with Crippen molar-refractivity contribution in [3.63, 3.8) is 0 Å². The molecule has 7 nitrogen and oxygen atoms in total. The Morgan fingerprint density at radius 2 is 1.97 bits per heavy atom. The minimum absolute atomic E-state index is 0.222. The van der Waals surface area contributed by atoms with Crippen molar-refractivity contribution in [2.24, 2.45) is 0 Å². The summed E-state index contributed by atoms with van der Waals surface area (Å²) in [5, 5.41) is 6.96. The number of alkyl halides is 3. The SMILES string of the molecule is Cc1c(C(=O)NCCCCN2CCOCC2)cnn1-c1ccc(C(F)(F)F)cn1. The second kappa shape index (κ2) is 9.36. The molecule has 0 aliphatic carbocycles. The summed E-state index contributed by atoms with van der Waals surface area (Å²) in [4.78, 5) is 18.6. The number of hydrogen-bond donors (Lipinski definition) is 1. The van der Waals surface area contributed by atoms with Crippen LogP contribution < -0.4 is 5.32 Å². The van der Waals surface area contributed by atoms with E-state index in [1.807, 2.05) is 0 Å². The van der Waals surface area contributed by atoms with Gasteiger partial charge in [-0.3, -0.25) is 9.69 Å². The summed E-state index contributed by atoms with van der Waals surface area (Å²) in [7, 11) is 0. The lowest BCUT2D eigenvalue weighted by atomic mass is 10.2. The Morgan fingerprint density at radius 1 is 1.21 bits per heavy atom. The third kappa shape index (κ3) is 5.54. The van der Waals surface area contributed by atoms with Crippen LogP contribution in [0.5, 0.6) is 0 Å². The molecular formula is C19H24F3N5O2. The molecule has 1 N–H and O–H groups in total. The number of aromatic nitrogens is 3. The highest BCUT2D eigenvalue weighted by Crippen LogP contribution is 2.28. The fraction of sp³-hybridized carbons (Fsp3) is 0.526. The van der Waals surface area contributed by atoms with E-state index in [1.54, 1.807) is 6.92 Å². The number of hydrogen-bond acceptors (Lipinski definition) is 5. The minimum Gasteiger partial charge on any atom is -0.379 e. The molecule has 0 atom stereocenters. The smallest absolute Gasteiger partial charge is 0.379 e. The summed E-state index contributed by atoms with van der Waals surface area (Å²) in [6.45, 7) is 6.65. The molecular weight excluding hydrogens is 387 g/mol. The number of carbonyl (C=O) groups excluding carboxylic acids is 1. The predicted octanol–water partition coefficient (Wildman–Crippen LogP) is 2.44. The van der Waals surface area contributed by atoms with Crippen LogP contribution in [0.3, 0.4) is 0 Å². The lowest BCUT2D eigenvalue weighted by molar-refractivity contribution is -0.137. The normalized spacial score (nSPS) is 15.4. The van der Waals surface area contributed by atoms with Crippen LogP contribution in [0.25, 0.3) is 5.82 Å². The molecule has 2 aromatic rings. The van der Waals surface area contributed by atoms with Crippen LogP contribution in [0.1, 0.15) is 34.5 Å². The van der Waals surface area contributed by atoms with Gasteiger partial charge in [-0.2, -0.15) is 18.3 Å². The van der Waals surface area contributed by atoms with Crippen LogP contribution in [0, 0.1) is 6.92 Å². The first-order valence-electron chi connectivity index (χ1n) is 9.53. The van der Waals surface area contributed by atoms with Crippen molar-refractivity contribution >= 4 is 5.91 Å². The van der Waals surface area contributed by atoms with Crippen molar-refractivity contribution in [2.45, 2.75) is 25.9 Å². The lowest BCUT2D eigenvalue weighted by Gasteiger charge is -2.26. The van der Waals surface area contributed by atoms with E-state index in [0.29, 0.717) is 17.8 Å². The second-order valence-electron chi connectivity index (χ2n) is 6.88. The van der Waals surface area contributed by atoms with Crippen LogP contribution in [0.2, 0.25) is 0 Å². The van der Waals surface area contributed by atoms with Gasteiger partial charge in [0.1, 0.15) is 0 Å². The maximum atomic E-state index is 12.7. The van der Waals surface area contributed by atoms with Gasteiger partial charge in [-0.05, 0) is 38.4 Å². The van der Waals surface area contributed by atoms with Crippen molar-refractivity contribution in [3.05, 3.63) is 41.3 Å². The average Bonchev–Trinajstić information content (AvgIpc) is 3.09. The Kier molecular flexibility index (Phi) is 6.86. The zero-order valence-electron chi connectivity index (χ0n) is 16.2. The summed E-state index contributed by atoms with van der Waals surface area (Å²) in [6.07, 6.45) is -0.454. The minimum atomic E-state index is -4.45. The summed E-state index contributed by atoms with van der Waals surface area (Å²) >= 11 is 0. The van der Waals surface area contributed by atoms with Crippen LogP contribution in [-0.2, 0) is 10.9 Å². The molecule has 0 bridgehead atoms. The van der Waals surface area contributed by atoms with Crippen LogP contribution >= 0.6 is 0 Å². The van der Waals surface area contributed by atoms with E-state index in [1.165, 1.54) is 16.9 Å².